The molecule has 0 atom stereocenters. The van der Waals surface area contributed by atoms with Crippen molar-refractivity contribution in [2.75, 3.05) is 39.8 Å². The van der Waals surface area contributed by atoms with E-state index in [0.717, 1.165) is 12.1 Å². The zero-order valence-electron chi connectivity index (χ0n) is 12.1. The molecular weight excluding hydrogens is 316 g/mol. The Hall–Kier alpha value is -1.73. The fraction of sp³-hybridized carbons (Fsp3) is 0.429. The lowest BCUT2D eigenvalue weighted by Gasteiger charge is -2.34. The van der Waals surface area contributed by atoms with Crippen LogP contribution in [0.3, 0.4) is 0 Å². The first-order valence-corrected chi connectivity index (χ1v) is 6.70. The van der Waals surface area contributed by atoms with Crippen LogP contribution in [0, 0.1) is 11.6 Å². The molecule has 0 bridgehead atoms. The maximum absolute atomic E-state index is 13.6. The van der Waals surface area contributed by atoms with Gasteiger partial charge in [0.1, 0.15) is 17.2 Å². The molecule has 122 valence electrons. The van der Waals surface area contributed by atoms with Crippen LogP contribution >= 0.6 is 12.4 Å². The van der Waals surface area contributed by atoms with Crippen LogP contribution in [0.15, 0.2) is 18.2 Å². The van der Waals surface area contributed by atoms with Crippen LogP contribution in [-0.2, 0) is 4.79 Å². The van der Waals surface area contributed by atoms with Gasteiger partial charge in [-0.1, -0.05) is 6.07 Å². The Morgan fingerprint density at radius 3 is 2.09 bits per heavy atom. The molecule has 5 nitrogen and oxygen atoms in total. The summed E-state index contributed by atoms with van der Waals surface area (Å²) in [7, 11) is 1.68. The molecule has 0 radical (unpaired) electrons. The van der Waals surface area contributed by atoms with E-state index in [-0.39, 0.29) is 37.9 Å². The SMILES string of the molecule is CNCC(=O)N1CCN(C(=O)c2c(F)cccc2F)CC1.Cl. The van der Waals surface area contributed by atoms with Crippen LogP contribution in [0.2, 0.25) is 0 Å². The first-order chi connectivity index (χ1) is 10.0. The summed E-state index contributed by atoms with van der Waals surface area (Å²) in [6.07, 6.45) is 0. The molecule has 0 saturated carbocycles. The smallest absolute Gasteiger partial charge is 0.259 e. The van der Waals surface area contributed by atoms with Gasteiger partial charge in [0.2, 0.25) is 5.91 Å². The van der Waals surface area contributed by atoms with Crippen molar-refractivity contribution in [2.24, 2.45) is 0 Å². The number of carbonyl (C=O) groups excluding carboxylic acids is 2. The summed E-state index contributed by atoms with van der Waals surface area (Å²) in [6, 6.07) is 3.34. The minimum absolute atomic E-state index is 0. The number of hydrogen-bond acceptors (Lipinski definition) is 3. The van der Waals surface area contributed by atoms with Crippen molar-refractivity contribution in [3.63, 3.8) is 0 Å². The van der Waals surface area contributed by atoms with E-state index < -0.39 is 23.1 Å². The lowest BCUT2D eigenvalue weighted by Crippen LogP contribution is -2.52. The molecule has 2 rings (SSSR count). The Morgan fingerprint density at radius 1 is 1.09 bits per heavy atom. The van der Waals surface area contributed by atoms with Gasteiger partial charge >= 0.3 is 0 Å². The molecule has 1 aromatic rings. The van der Waals surface area contributed by atoms with Gasteiger partial charge in [-0.15, -0.1) is 12.4 Å². The number of nitrogens with zero attached hydrogens (tertiary/aromatic N) is 2. The molecule has 1 aromatic carbocycles. The third-order valence-corrected chi connectivity index (χ3v) is 3.42. The average molecular weight is 334 g/mol. The van der Waals surface area contributed by atoms with Gasteiger partial charge in [0.25, 0.3) is 5.91 Å². The fourth-order valence-electron chi connectivity index (χ4n) is 2.28. The monoisotopic (exact) mass is 333 g/mol. The van der Waals surface area contributed by atoms with Crippen LogP contribution in [-0.4, -0.2) is 61.4 Å². The summed E-state index contributed by atoms with van der Waals surface area (Å²) in [5, 5.41) is 2.77. The van der Waals surface area contributed by atoms with E-state index in [4.69, 9.17) is 0 Å². The number of amides is 2. The van der Waals surface area contributed by atoms with E-state index in [1.807, 2.05) is 0 Å². The Kier molecular flexibility index (Phi) is 6.70. The molecule has 1 fully saturated rings. The molecule has 2 amide bonds. The number of rotatable bonds is 3. The number of benzene rings is 1. The number of piperazine rings is 1. The molecule has 22 heavy (non-hydrogen) atoms. The van der Waals surface area contributed by atoms with Crippen LogP contribution in [0.1, 0.15) is 10.4 Å². The number of hydrogen-bond donors (Lipinski definition) is 1. The van der Waals surface area contributed by atoms with Crippen molar-refractivity contribution in [3.05, 3.63) is 35.4 Å². The summed E-state index contributed by atoms with van der Waals surface area (Å²) >= 11 is 0. The number of likely N-dealkylation sites (N-methyl/N-ethyl adjacent to an activating group) is 1. The first-order valence-electron chi connectivity index (χ1n) is 6.70. The third kappa shape index (κ3) is 3.92. The van der Waals surface area contributed by atoms with Gasteiger partial charge in [-0.05, 0) is 19.2 Å². The minimum Gasteiger partial charge on any atom is -0.338 e. The van der Waals surface area contributed by atoms with Crippen LogP contribution in [0.5, 0.6) is 0 Å². The van der Waals surface area contributed by atoms with Gasteiger partial charge in [-0.25, -0.2) is 8.78 Å². The van der Waals surface area contributed by atoms with E-state index in [1.54, 1.807) is 11.9 Å². The van der Waals surface area contributed by atoms with Gasteiger partial charge in [-0.3, -0.25) is 9.59 Å². The van der Waals surface area contributed by atoms with Gasteiger partial charge < -0.3 is 15.1 Å². The van der Waals surface area contributed by atoms with Crippen molar-refractivity contribution < 1.29 is 18.4 Å². The first kappa shape index (κ1) is 18.3. The number of carbonyl (C=O) groups is 2. The molecule has 1 heterocycles. The molecule has 0 aliphatic carbocycles. The second-order valence-corrected chi connectivity index (χ2v) is 4.80. The quantitative estimate of drug-likeness (QED) is 0.894. The van der Waals surface area contributed by atoms with Gasteiger partial charge in [0.15, 0.2) is 0 Å². The zero-order chi connectivity index (χ0) is 15.4. The van der Waals surface area contributed by atoms with Crippen LogP contribution in [0.25, 0.3) is 0 Å². The Morgan fingerprint density at radius 2 is 1.59 bits per heavy atom. The van der Waals surface area contributed by atoms with Crippen molar-refractivity contribution in [1.29, 1.82) is 0 Å². The van der Waals surface area contributed by atoms with E-state index >= 15 is 0 Å². The molecule has 0 unspecified atom stereocenters. The van der Waals surface area contributed by atoms with Gasteiger partial charge in [0.05, 0.1) is 6.54 Å². The van der Waals surface area contributed by atoms with Crippen molar-refractivity contribution >= 4 is 24.2 Å². The van der Waals surface area contributed by atoms with Crippen molar-refractivity contribution in [2.45, 2.75) is 0 Å². The fourth-order valence-corrected chi connectivity index (χ4v) is 2.28. The summed E-state index contributed by atoms with van der Waals surface area (Å²) < 4.78 is 27.2. The Balaban J connectivity index is 0.00000242. The molecule has 1 aliphatic rings. The van der Waals surface area contributed by atoms with Gasteiger partial charge in [-0.2, -0.15) is 0 Å². The van der Waals surface area contributed by atoms with Crippen LogP contribution in [0.4, 0.5) is 8.78 Å². The average Bonchev–Trinajstić information content (AvgIpc) is 2.47. The zero-order valence-corrected chi connectivity index (χ0v) is 13.0. The molecule has 0 spiro atoms. The molecule has 1 aliphatic heterocycles. The second kappa shape index (κ2) is 8.05. The summed E-state index contributed by atoms with van der Waals surface area (Å²) in [5.74, 6) is -2.46. The van der Waals surface area contributed by atoms with Crippen LogP contribution < -0.4 is 5.32 Å². The maximum Gasteiger partial charge on any atom is 0.259 e. The van der Waals surface area contributed by atoms with Crippen molar-refractivity contribution in [3.8, 4) is 0 Å². The number of halogens is 3. The van der Waals surface area contributed by atoms with E-state index in [2.05, 4.69) is 5.32 Å². The van der Waals surface area contributed by atoms with E-state index in [1.165, 1.54) is 11.0 Å². The molecule has 1 saturated heterocycles. The highest BCUT2D eigenvalue weighted by molar-refractivity contribution is 5.95. The largest absolute Gasteiger partial charge is 0.338 e. The second-order valence-electron chi connectivity index (χ2n) is 4.80. The highest BCUT2D eigenvalue weighted by Crippen LogP contribution is 2.16. The Bertz CT molecular complexity index is 529. The standard InChI is InChI=1S/C14H17F2N3O2.ClH/c1-17-9-12(20)18-5-7-19(8-6-18)14(21)13-10(15)3-2-4-11(13)16;/h2-4,17H,5-9H2,1H3;1H. The molecular formula is C14H18ClF2N3O2. The summed E-state index contributed by atoms with van der Waals surface area (Å²) in [5.41, 5.74) is -0.535. The van der Waals surface area contributed by atoms with Crippen molar-refractivity contribution in [1.82, 2.24) is 15.1 Å². The van der Waals surface area contributed by atoms with Gasteiger partial charge in [0, 0.05) is 26.2 Å². The number of nitrogens with one attached hydrogen (secondary N) is 1. The predicted octanol–water partition coefficient (Wildman–Crippen LogP) is 0.890. The minimum atomic E-state index is -0.867. The third-order valence-electron chi connectivity index (χ3n) is 3.42. The maximum atomic E-state index is 13.6. The lowest BCUT2D eigenvalue weighted by atomic mass is 10.1. The Labute approximate surface area is 133 Å². The highest BCUT2D eigenvalue weighted by atomic mass is 35.5. The molecule has 0 aromatic heterocycles. The molecule has 1 N–H and O–H groups in total. The predicted molar refractivity (Wildman–Crippen MR) is 80.0 cm³/mol. The normalized spacial score (nSPS) is 14.5. The summed E-state index contributed by atoms with van der Waals surface area (Å²) in [6.45, 7) is 1.49. The highest BCUT2D eigenvalue weighted by Gasteiger charge is 2.27. The summed E-state index contributed by atoms with van der Waals surface area (Å²) in [4.78, 5) is 26.9. The molecule has 8 heteroatoms. The topological polar surface area (TPSA) is 52.7 Å². The lowest BCUT2D eigenvalue weighted by molar-refractivity contribution is -0.131. The van der Waals surface area contributed by atoms with E-state index in [9.17, 15) is 18.4 Å². The van der Waals surface area contributed by atoms with E-state index in [0.29, 0.717) is 13.1 Å².